The number of carboxylic acids is 1. The van der Waals surface area contributed by atoms with Crippen LogP contribution in [0.2, 0.25) is 0 Å². The van der Waals surface area contributed by atoms with Gasteiger partial charge in [-0.2, -0.15) is 0 Å². The van der Waals surface area contributed by atoms with Gasteiger partial charge in [-0.3, -0.25) is 4.79 Å². The standard InChI is InChI=1S/C25H28N2O5/c1-2-3-12-21(22(28)27-25(13-14-25)23(29)30)26-24(31)32-15-20-18-10-6-4-8-16(18)17-9-5-7-11-19(17)20/h4-11,20-21H,2-3,12-15H2,1H3,(H,26,31)(H,27,28)(H,29,30). The molecule has 168 valence electrons. The van der Waals surface area contributed by atoms with Gasteiger partial charge in [0, 0.05) is 5.92 Å². The van der Waals surface area contributed by atoms with Crippen molar-refractivity contribution in [3.05, 3.63) is 59.7 Å². The van der Waals surface area contributed by atoms with Crippen molar-refractivity contribution in [2.75, 3.05) is 6.61 Å². The summed E-state index contributed by atoms with van der Waals surface area (Å²) >= 11 is 0. The second kappa shape index (κ2) is 9.02. The summed E-state index contributed by atoms with van der Waals surface area (Å²) in [5.41, 5.74) is 3.31. The van der Waals surface area contributed by atoms with Crippen LogP contribution in [0, 0.1) is 0 Å². The minimum Gasteiger partial charge on any atom is -0.480 e. The normalized spacial score (nSPS) is 16.4. The highest BCUT2D eigenvalue weighted by Gasteiger charge is 2.52. The molecule has 2 aliphatic rings. The summed E-state index contributed by atoms with van der Waals surface area (Å²) in [5, 5.41) is 14.6. The summed E-state index contributed by atoms with van der Waals surface area (Å²) < 4.78 is 5.55. The Morgan fingerprint density at radius 2 is 1.66 bits per heavy atom. The Labute approximate surface area is 187 Å². The molecule has 1 saturated carbocycles. The molecule has 32 heavy (non-hydrogen) atoms. The summed E-state index contributed by atoms with van der Waals surface area (Å²) in [4.78, 5) is 36.7. The molecule has 2 aromatic carbocycles. The molecule has 2 aliphatic carbocycles. The molecule has 0 radical (unpaired) electrons. The molecular weight excluding hydrogens is 408 g/mol. The summed E-state index contributed by atoms with van der Waals surface area (Å²) in [7, 11) is 0. The van der Waals surface area contributed by atoms with Crippen molar-refractivity contribution in [1.29, 1.82) is 0 Å². The number of unbranched alkanes of at least 4 members (excludes halogenated alkanes) is 1. The Morgan fingerprint density at radius 3 is 2.19 bits per heavy atom. The van der Waals surface area contributed by atoms with Gasteiger partial charge < -0.3 is 20.5 Å². The fourth-order valence-electron chi connectivity index (χ4n) is 4.30. The van der Waals surface area contributed by atoms with Crippen LogP contribution in [-0.4, -0.2) is 41.3 Å². The number of carboxylic acid groups (broad SMARTS) is 1. The van der Waals surface area contributed by atoms with Crippen molar-refractivity contribution in [3.63, 3.8) is 0 Å². The highest BCUT2D eigenvalue weighted by Crippen LogP contribution is 2.44. The third-order valence-electron chi connectivity index (χ3n) is 6.32. The molecule has 1 atom stereocenters. The summed E-state index contributed by atoms with van der Waals surface area (Å²) in [6.07, 6.45) is 2.12. The number of benzene rings is 2. The number of fused-ring (bicyclic) bond motifs is 3. The minimum atomic E-state index is -1.19. The molecule has 4 rings (SSSR count). The number of nitrogens with one attached hydrogen (secondary N) is 2. The van der Waals surface area contributed by atoms with Crippen molar-refractivity contribution in [3.8, 4) is 11.1 Å². The quantitative estimate of drug-likeness (QED) is 0.554. The van der Waals surface area contributed by atoms with Crippen molar-refractivity contribution in [2.24, 2.45) is 0 Å². The second-order valence-electron chi connectivity index (χ2n) is 8.54. The average molecular weight is 437 g/mol. The zero-order chi connectivity index (χ0) is 22.7. The molecule has 7 nitrogen and oxygen atoms in total. The van der Waals surface area contributed by atoms with E-state index in [1.807, 2.05) is 43.3 Å². The van der Waals surface area contributed by atoms with Crippen LogP contribution >= 0.6 is 0 Å². The van der Waals surface area contributed by atoms with Gasteiger partial charge in [-0.25, -0.2) is 9.59 Å². The molecule has 1 fully saturated rings. The van der Waals surface area contributed by atoms with Crippen LogP contribution in [0.1, 0.15) is 56.1 Å². The predicted octanol–water partition coefficient (Wildman–Crippen LogP) is 3.82. The van der Waals surface area contributed by atoms with Crippen molar-refractivity contribution < 1.29 is 24.2 Å². The van der Waals surface area contributed by atoms with Gasteiger partial charge in [-0.15, -0.1) is 0 Å². The first-order valence-corrected chi connectivity index (χ1v) is 11.1. The maximum atomic E-state index is 12.7. The third kappa shape index (κ3) is 4.33. The first-order chi connectivity index (χ1) is 15.4. The van der Waals surface area contributed by atoms with E-state index >= 15 is 0 Å². The highest BCUT2D eigenvalue weighted by atomic mass is 16.5. The topological polar surface area (TPSA) is 105 Å². The van der Waals surface area contributed by atoms with Gasteiger partial charge in [0.05, 0.1) is 0 Å². The number of hydrogen-bond acceptors (Lipinski definition) is 4. The first-order valence-electron chi connectivity index (χ1n) is 11.1. The van der Waals surface area contributed by atoms with Gasteiger partial charge in [0.15, 0.2) is 0 Å². The van der Waals surface area contributed by atoms with E-state index in [1.54, 1.807) is 0 Å². The molecule has 1 unspecified atom stereocenters. The lowest BCUT2D eigenvalue weighted by molar-refractivity contribution is -0.143. The molecule has 0 aromatic heterocycles. The van der Waals surface area contributed by atoms with Gasteiger partial charge in [-0.05, 0) is 41.5 Å². The summed E-state index contributed by atoms with van der Waals surface area (Å²) in [6, 6.07) is 15.3. The van der Waals surface area contributed by atoms with E-state index in [-0.39, 0.29) is 12.5 Å². The van der Waals surface area contributed by atoms with E-state index in [2.05, 4.69) is 22.8 Å². The van der Waals surface area contributed by atoms with Crippen molar-refractivity contribution in [2.45, 2.75) is 56.5 Å². The lowest BCUT2D eigenvalue weighted by Gasteiger charge is -2.21. The zero-order valence-electron chi connectivity index (χ0n) is 18.1. The SMILES string of the molecule is CCCCC(NC(=O)OCC1c2ccccc2-c2ccccc21)C(=O)NC1(C(=O)O)CC1. The van der Waals surface area contributed by atoms with Crippen molar-refractivity contribution in [1.82, 2.24) is 10.6 Å². The summed E-state index contributed by atoms with van der Waals surface area (Å²) in [6.45, 7) is 2.14. The Bertz CT molecular complexity index is 985. The lowest BCUT2D eigenvalue weighted by atomic mass is 9.98. The van der Waals surface area contributed by atoms with E-state index in [0.29, 0.717) is 19.3 Å². The number of aliphatic carboxylic acids is 1. The molecule has 0 bridgehead atoms. The Hall–Kier alpha value is -3.35. The van der Waals surface area contributed by atoms with Crippen molar-refractivity contribution >= 4 is 18.0 Å². The molecule has 0 aliphatic heterocycles. The van der Waals surface area contributed by atoms with Gasteiger partial charge in [0.1, 0.15) is 18.2 Å². The van der Waals surface area contributed by atoms with E-state index in [9.17, 15) is 19.5 Å². The fraction of sp³-hybridized carbons (Fsp3) is 0.400. The number of carbonyl (C=O) groups excluding carboxylic acids is 2. The van der Waals surface area contributed by atoms with E-state index in [1.165, 1.54) is 0 Å². The van der Waals surface area contributed by atoms with Gasteiger partial charge in [0.25, 0.3) is 0 Å². The third-order valence-corrected chi connectivity index (χ3v) is 6.32. The van der Waals surface area contributed by atoms with E-state index in [4.69, 9.17) is 4.74 Å². The Balaban J connectivity index is 1.40. The van der Waals surface area contributed by atoms with Crippen LogP contribution in [0.5, 0.6) is 0 Å². The first kappa shape index (κ1) is 21.9. The van der Waals surface area contributed by atoms with Crippen LogP contribution in [0.25, 0.3) is 11.1 Å². The lowest BCUT2D eigenvalue weighted by Crippen LogP contribution is -2.53. The summed E-state index contributed by atoms with van der Waals surface area (Å²) in [5.74, 6) is -1.59. The molecule has 2 aromatic rings. The van der Waals surface area contributed by atoms with E-state index in [0.717, 1.165) is 35.1 Å². The van der Waals surface area contributed by atoms with Crippen LogP contribution in [0.3, 0.4) is 0 Å². The molecule has 7 heteroatoms. The number of carbonyl (C=O) groups is 3. The number of rotatable bonds is 9. The average Bonchev–Trinajstić information content (AvgIpc) is 3.51. The maximum Gasteiger partial charge on any atom is 0.407 e. The molecule has 2 amide bonds. The monoisotopic (exact) mass is 436 g/mol. The number of hydrogen-bond donors (Lipinski definition) is 3. The van der Waals surface area contributed by atoms with Gasteiger partial charge in [0.2, 0.25) is 5.91 Å². The van der Waals surface area contributed by atoms with E-state index < -0.39 is 29.6 Å². The molecule has 0 heterocycles. The maximum absolute atomic E-state index is 12.7. The largest absolute Gasteiger partial charge is 0.480 e. The van der Waals surface area contributed by atoms with Gasteiger partial charge >= 0.3 is 12.1 Å². The molecule has 0 spiro atoms. The van der Waals surface area contributed by atoms with Crippen LogP contribution in [0.4, 0.5) is 4.79 Å². The minimum absolute atomic E-state index is 0.0715. The fourth-order valence-corrected chi connectivity index (χ4v) is 4.30. The Morgan fingerprint density at radius 1 is 1.06 bits per heavy atom. The molecule has 3 N–H and O–H groups in total. The smallest absolute Gasteiger partial charge is 0.407 e. The molecule has 0 saturated heterocycles. The Kier molecular flexibility index (Phi) is 6.17. The number of ether oxygens (including phenoxy) is 1. The number of alkyl carbamates (subject to hydrolysis) is 1. The second-order valence-corrected chi connectivity index (χ2v) is 8.54. The zero-order valence-corrected chi connectivity index (χ0v) is 18.1. The van der Waals surface area contributed by atoms with Crippen LogP contribution in [0.15, 0.2) is 48.5 Å². The van der Waals surface area contributed by atoms with Gasteiger partial charge in [-0.1, -0.05) is 68.3 Å². The predicted molar refractivity (Wildman–Crippen MR) is 119 cm³/mol. The number of amides is 2. The highest BCUT2D eigenvalue weighted by molar-refractivity contribution is 5.93. The molecular formula is C25H28N2O5. The van der Waals surface area contributed by atoms with Crippen LogP contribution in [-0.2, 0) is 14.3 Å². The van der Waals surface area contributed by atoms with Crippen LogP contribution < -0.4 is 10.6 Å².